The summed E-state index contributed by atoms with van der Waals surface area (Å²) in [5.41, 5.74) is 4.19. The molecule has 0 aliphatic carbocycles. The van der Waals surface area contributed by atoms with Gasteiger partial charge in [-0.3, -0.25) is 4.79 Å². The van der Waals surface area contributed by atoms with Gasteiger partial charge in [0, 0.05) is 16.7 Å². The van der Waals surface area contributed by atoms with Crippen LogP contribution >= 0.6 is 23.1 Å². The van der Waals surface area contributed by atoms with Crippen LogP contribution in [0.1, 0.15) is 11.1 Å². The lowest BCUT2D eigenvalue weighted by molar-refractivity contribution is -0.113. The molecule has 3 rings (SSSR count). The molecule has 4 nitrogen and oxygen atoms in total. The van der Waals surface area contributed by atoms with Crippen molar-refractivity contribution in [1.29, 1.82) is 0 Å². The maximum Gasteiger partial charge on any atom is 0.236 e. The van der Waals surface area contributed by atoms with Crippen molar-refractivity contribution in [3.8, 4) is 17.0 Å². The normalized spacial score (nSPS) is 10.5. The predicted molar refractivity (Wildman–Crippen MR) is 110 cm³/mol. The molecule has 1 amide bonds. The Kier molecular flexibility index (Phi) is 6.30. The minimum absolute atomic E-state index is 0.0384. The van der Waals surface area contributed by atoms with Crippen molar-refractivity contribution in [2.75, 3.05) is 18.2 Å². The van der Waals surface area contributed by atoms with E-state index in [0.717, 1.165) is 22.8 Å². The van der Waals surface area contributed by atoms with Gasteiger partial charge in [-0.1, -0.05) is 42.0 Å². The van der Waals surface area contributed by atoms with Gasteiger partial charge in [-0.05, 0) is 24.6 Å². The smallest absolute Gasteiger partial charge is 0.236 e. The Morgan fingerprint density at radius 2 is 2.08 bits per heavy atom. The molecule has 1 N–H and O–H groups in total. The largest absolute Gasteiger partial charge is 0.496 e. The number of ether oxygens (including phenoxy) is 1. The highest BCUT2D eigenvalue weighted by atomic mass is 32.2. The molecule has 1 heterocycles. The summed E-state index contributed by atoms with van der Waals surface area (Å²) in [5.74, 6) is 1.95. The zero-order valence-corrected chi connectivity index (χ0v) is 16.3. The van der Waals surface area contributed by atoms with E-state index < -0.39 is 0 Å². The van der Waals surface area contributed by atoms with Gasteiger partial charge in [0.15, 0.2) is 5.13 Å². The van der Waals surface area contributed by atoms with Crippen molar-refractivity contribution >= 4 is 34.1 Å². The van der Waals surface area contributed by atoms with Gasteiger partial charge in [0.05, 0.1) is 18.6 Å². The number of aryl methyl sites for hydroxylation is 1. The Balaban J connectivity index is 1.54. The average molecular weight is 385 g/mol. The second-order valence-corrected chi connectivity index (χ2v) is 7.61. The molecule has 0 aliphatic rings. The lowest BCUT2D eigenvalue weighted by Crippen LogP contribution is -2.14. The van der Waals surface area contributed by atoms with Crippen LogP contribution in [0.4, 0.5) is 5.13 Å². The number of rotatable bonds is 7. The van der Waals surface area contributed by atoms with Crippen LogP contribution in [-0.2, 0) is 10.5 Å². The van der Waals surface area contributed by atoms with Crippen molar-refractivity contribution in [2.45, 2.75) is 12.7 Å². The summed E-state index contributed by atoms with van der Waals surface area (Å²) in [6.45, 7) is 2.07. The first-order valence-electron chi connectivity index (χ1n) is 8.18. The molecule has 0 unspecified atom stereocenters. The Bertz CT molecular complexity index is 893. The molecule has 0 atom stereocenters. The standard InChI is InChI=1S/C20H20N2O2S2/c1-14-6-5-7-15(10-14)11-25-13-19(23)22-20-21-17(12-26-20)16-8-3-4-9-18(16)24-2/h3-10,12H,11,13H2,1-2H3,(H,21,22,23). The highest BCUT2D eigenvalue weighted by Crippen LogP contribution is 2.31. The summed E-state index contributed by atoms with van der Waals surface area (Å²) < 4.78 is 5.37. The van der Waals surface area contributed by atoms with Gasteiger partial charge >= 0.3 is 0 Å². The fraction of sp³-hybridized carbons (Fsp3) is 0.200. The molecule has 0 radical (unpaired) electrons. The van der Waals surface area contributed by atoms with Crippen molar-refractivity contribution < 1.29 is 9.53 Å². The van der Waals surface area contributed by atoms with E-state index in [4.69, 9.17) is 4.74 Å². The monoisotopic (exact) mass is 384 g/mol. The minimum Gasteiger partial charge on any atom is -0.496 e. The molecule has 0 saturated carbocycles. The minimum atomic E-state index is -0.0384. The molecule has 0 aliphatic heterocycles. The molecule has 0 bridgehead atoms. The number of anilines is 1. The summed E-state index contributed by atoms with van der Waals surface area (Å²) >= 11 is 3.01. The van der Waals surface area contributed by atoms with Crippen LogP contribution in [0.2, 0.25) is 0 Å². The van der Waals surface area contributed by atoms with E-state index in [1.54, 1.807) is 18.9 Å². The van der Waals surface area contributed by atoms with E-state index in [2.05, 4.69) is 35.4 Å². The van der Waals surface area contributed by atoms with E-state index in [9.17, 15) is 4.79 Å². The zero-order valence-electron chi connectivity index (χ0n) is 14.7. The van der Waals surface area contributed by atoms with Crippen LogP contribution in [0.25, 0.3) is 11.3 Å². The Morgan fingerprint density at radius 1 is 1.23 bits per heavy atom. The molecular formula is C20H20N2O2S2. The quantitative estimate of drug-likeness (QED) is 0.623. The summed E-state index contributed by atoms with van der Waals surface area (Å²) in [4.78, 5) is 16.7. The number of hydrogen-bond acceptors (Lipinski definition) is 5. The van der Waals surface area contributed by atoms with Gasteiger partial charge in [-0.2, -0.15) is 0 Å². The van der Waals surface area contributed by atoms with Crippen LogP contribution in [0.3, 0.4) is 0 Å². The molecule has 0 spiro atoms. The van der Waals surface area contributed by atoms with Crippen molar-refractivity contribution in [2.24, 2.45) is 0 Å². The molecule has 26 heavy (non-hydrogen) atoms. The third-order valence-corrected chi connectivity index (χ3v) is 5.48. The van der Waals surface area contributed by atoms with Crippen molar-refractivity contribution in [3.05, 3.63) is 65.0 Å². The molecule has 2 aromatic carbocycles. The number of aromatic nitrogens is 1. The number of carbonyl (C=O) groups excluding carboxylic acids is 1. The molecule has 0 saturated heterocycles. The van der Waals surface area contributed by atoms with Gasteiger partial charge < -0.3 is 10.1 Å². The van der Waals surface area contributed by atoms with Crippen LogP contribution in [-0.4, -0.2) is 23.8 Å². The van der Waals surface area contributed by atoms with E-state index in [0.29, 0.717) is 10.9 Å². The van der Waals surface area contributed by atoms with E-state index in [1.807, 2.05) is 35.7 Å². The van der Waals surface area contributed by atoms with Gasteiger partial charge in [0.25, 0.3) is 0 Å². The Labute approximate surface area is 161 Å². The van der Waals surface area contributed by atoms with Gasteiger partial charge in [-0.25, -0.2) is 4.98 Å². The van der Waals surface area contributed by atoms with Crippen LogP contribution < -0.4 is 10.1 Å². The molecule has 3 aromatic rings. The maximum atomic E-state index is 12.1. The lowest BCUT2D eigenvalue weighted by atomic mass is 10.1. The number of carbonyl (C=O) groups is 1. The summed E-state index contributed by atoms with van der Waals surface area (Å²) in [6.07, 6.45) is 0. The van der Waals surface area contributed by atoms with Crippen molar-refractivity contribution in [1.82, 2.24) is 4.98 Å². The third kappa shape index (κ3) is 4.86. The first-order chi connectivity index (χ1) is 12.7. The van der Waals surface area contributed by atoms with Gasteiger partial charge in [-0.15, -0.1) is 23.1 Å². The number of benzene rings is 2. The first kappa shape index (κ1) is 18.5. The SMILES string of the molecule is COc1ccccc1-c1csc(NC(=O)CSCc2cccc(C)c2)n1. The number of methoxy groups -OCH3 is 1. The lowest BCUT2D eigenvalue weighted by Gasteiger charge is -2.05. The number of hydrogen-bond donors (Lipinski definition) is 1. The number of nitrogens with one attached hydrogen (secondary N) is 1. The van der Waals surface area contributed by atoms with Gasteiger partial charge in [0.1, 0.15) is 5.75 Å². The number of thiazole rings is 1. The first-order valence-corrected chi connectivity index (χ1v) is 10.2. The molecule has 134 valence electrons. The van der Waals surface area contributed by atoms with Crippen LogP contribution in [0, 0.1) is 6.92 Å². The van der Waals surface area contributed by atoms with Gasteiger partial charge in [0.2, 0.25) is 5.91 Å². The number of nitrogens with zero attached hydrogens (tertiary/aromatic N) is 1. The Hall–Kier alpha value is -2.31. The number of amides is 1. The highest BCUT2D eigenvalue weighted by molar-refractivity contribution is 7.99. The number of thioether (sulfide) groups is 1. The van der Waals surface area contributed by atoms with E-state index >= 15 is 0 Å². The fourth-order valence-electron chi connectivity index (χ4n) is 2.53. The molecular weight excluding hydrogens is 364 g/mol. The predicted octanol–water partition coefficient (Wildman–Crippen LogP) is 5.00. The fourth-order valence-corrected chi connectivity index (χ4v) is 4.03. The van der Waals surface area contributed by atoms with Crippen LogP contribution in [0.15, 0.2) is 53.9 Å². The summed E-state index contributed by atoms with van der Waals surface area (Å²) in [5, 5.41) is 5.40. The second-order valence-electron chi connectivity index (χ2n) is 5.77. The second kappa shape index (κ2) is 8.87. The summed E-state index contributed by atoms with van der Waals surface area (Å²) in [7, 11) is 1.64. The average Bonchev–Trinajstić information content (AvgIpc) is 3.10. The molecule has 0 fully saturated rings. The third-order valence-electron chi connectivity index (χ3n) is 3.72. The topological polar surface area (TPSA) is 51.2 Å². The molecule has 6 heteroatoms. The zero-order chi connectivity index (χ0) is 18.4. The Morgan fingerprint density at radius 3 is 2.88 bits per heavy atom. The van der Waals surface area contributed by atoms with E-state index in [-0.39, 0.29) is 5.91 Å². The van der Waals surface area contributed by atoms with Crippen molar-refractivity contribution in [3.63, 3.8) is 0 Å². The van der Waals surface area contributed by atoms with E-state index in [1.165, 1.54) is 22.5 Å². The summed E-state index contributed by atoms with van der Waals surface area (Å²) in [6, 6.07) is 16.1. The van der Waals surface area contributed by atoms with Crippen LogP contribution in [0.5, 0.6) is 5.75 Å². The highest BCUT2D eigenvalue weighted by Gasteiger charge is 2.11. The molecule has 1 aromatic heterocycles. The number of para-hydroxylation sites is 1. The maximum absolute atomic E-state index is 12.1.